The minimum Gasteiger partial charge on any atom is -0.480 e. The molecule has 0 bridgehead atoms. The van der Waals surface area contributed by atoms with Crippen LogP contribution in [0.4, 0.5) is 5.95 Å². The molecule has 0 saturated carbocycles. The molecule has 0 amide bonds. The van der Waals surface area contributed by atoms with Crippen molar-refractivity contribution in [3.8, 4) is 17.1 Å². The minimum atomic E-state index is -0.172. The summed E-state index contributed by atoms with van der Waals surface area (Å²) in [6.45, 7) is 4.64. The molecule has 9 nitrogen and oxygen atoms in total. The zero-order chi connectivity index (χ0) is 21.8. The summed E-state index contributed by atoms with van der Waals surface area (Å²) in [7, 11) is 3.25. The number of hydrogen-bond acceptors (Lipinski definition) is 7. The number of H-pyrrole nitrogens is 1. The number of methoxy groups -OCH3 is 1. The highest BCUT2D eigenvalue weighted by Gasteiger charge is 2.41. The van der Waals surface area contributed by atoms with Crippen molar-refractivity contribution in [1.29, 1.82) is 0 Å². The maximum absolute atomic E-state index is 13.3. The van der Waals surface area contributed by atoms with Crippen molar-refractivity contribution in [2.75, 3.05) is 31.7 Å². The van der Waals surface area contributed by atoms with E-state index in [0.717, 1.165) is 39.0 Å². The molecule has 2 fully saturated rings. The first kappa shape index (κ1) is 20.3. The van der Waals surface area contributed by atoms with Gasteiger partial charge in [0, 0.05) is 31.9 Å². The Morgan fingerprint density at radius 3 is 2.81 bits per heavy atom. The smallest absolute Gasteiger partial charge is 0.266 e. The Morgan fingerprint density at radius 1 is 1.35 bits per heavy atom. The lowest BCUT2D eigenvalue weighted by Crippen LogP contribution is -2.43. The van der Waals surface area contributed by atoms with E-state index in [1.807, 2.05) is 0 Å². The second-order valence-electron chi connectivity index (χ2n) is 8.57. The van der Waals surface area contributed by atoms with Gasteiger partial charge in [-0.25, -0.2) is 4.98 Å². The highest BCUT2D eigenvalue weighted by Crippen LogP contribution is 2.42. The molecule has 0 aliphatic carbocycles. The van der Waals surface area contributed by atoms with Crippen LogP contribution in [0.3, 0.4) is 0 Å². The third-order valence-corrected chi connectivity index (χ3v) is 6.96. The van der Waals surface area contributed by atoms with Gasteiger partial charge in [-0.05, 0) is 37.7 Å². The lowest BCUT2D eigenvalue weighted by molar-refractivity contribution is 0.0974. The van der Waals surface area contributed by atoms with E-state index in [2.05, 4.69) is 27.0 Å². The van der Waals surface area contributed by atoms with Gasteiger partial charge in [0.25, 0.3) is 5.56 Å². The number of aromatic amines is 1. The van der Waals surface area contributed by atoms with E-state index < -0.39 is 0 Å². The van der Waals surface area contributed by atoms with Crippen LogP contribution in [0.5, 0.6) is 5.88 Å². The van der Waals surface area contributed by atoms with Gasteiger partial charge in [-0.15, -0.1) is 0 Å². The molecule has 31 heavy (non-hydrogen) atoms. The number of anilines is 1. The lowest BCUT2D eigenvalue weighted by atomic mass is 9.77. The largest absolute Gasteiger partial charge is 0.480 e. The van der Waals surface area contributed by atoms with Crippen molar-refractivity contribution < 1.29 is 9.47 Å². The average molecular weight is 445 g/mol. The Bertz CT molecular complexity index is 1200. The van der Waals surface area contributed by atoms with Crippen LogP contribution in [0.15, 0.2) is 17.1 Å². The van der Waals surface area contributed by atoms with Crippen LogP contribution in [-0.2, 0) is 11.8 Å². The molecule has 2 aliphatic heterocycles. The predicted molar refractivity (Wildman–Crippen MR) is 118 cm³/mol. The van der Waals surface area contributed by atoms with Crippen LogP contribution >= 0.6 is 11.6 Å². The summed E-state index contributed by atoms with van der Waals surface area (Å²) in [5.74, 6) is 0.923. The molecule has 5 rings (SSSR count). The van der Waals surface area contributed by atoms with Gasteiger partial charge in [-0.2, -0.15) is 10.1 Å². The van der Waals surface area contributed by atoms with E-state index in [1.54, 1.807) is 23.9 Å². The number of nitrogens with zero attached hydrogens (tertiary/aromatic N) is 5. The first-order valence-electron chi connectivity index (χ1n) is 10.4. The Kier molecular flexibility index (Phi) is 4.90. The van der Waals surface area contributed by atoms with E-state index in [4.69, 9.17) is 26.1 Å². The number of hydrogen-bond donors (Lipinski definition) is 1. The number of rotatable bonds is 3. The number of ether oxygens (including phenoxy) is 2. The number of nitrogens with one attached hydrogen (secondary N) is 1. The van der Waals surface area contributed by atoms with Crippen molar-refractivity contribution in [2.45, 2.75) is 32.3 Å². The Hall–Kier alpha value is -2.65. The van der Waals surface area contributed by atoms with Gasteiger partial charge in [0.1, 0.15) is 10.4 Å². The molecule has 0 radical (unpaired) electrons. The highest BCUT2D eigenvalue weighted by atomic mass is 35.5. The van der Waals surface area contributed by atoms with Gasteiger partial charge in [-0.3, -0.25) is 14.5 Å². The Morgan fingerprint density at radius 2 is 2.13 bits per heavy atom. The van der Waals surface area contributed by atoms with Gasteiger partial charge in [0.05, 0.1) is 25.5 Å². The normalized spacial score (nSPS) is 20.6. The minimum absolute atomic E-state index is 0.172. The zero-order valence-corrected chi connectivity index (χ0v) is 18.6. The van der Waals surface area contributed by atoms with E-state index in [0.29, 0.717) is 39.4 Å². The first-order chi connectivity index (χ1) is 14.9. The topological polar surface area (TPSA) is 98.2 Å². The summed E-state index contributed by atoms with van der Waals surface area (Å²) in [5, 5.41) is 7.96. The third-order valence-electron chi connectivity index (χ3n) is 6.59. The monoisotopic (exact) mass is 444 g/mol. The van der Waals surface area contributed by atoms with E-state index in [-0.39, 0.29) is 16.9 Å². The maximum Gasteiger partial charge on any atom is 0.266 e. The van der Waals surface area contributed by atoms with Crippen LogP contribution in [-0.4, -0.2) is 57.6 Å². The quantitative estimate of drug-likeness (QED) is 0.663. The van der Waals surface area contributed by atoms with Crippen LogP contribution < -0.4 is 15.2 Å². The highest BCUT2D eigenvalue weighted by molar-refractivity contribution is 6.34. The fourth-order valence-corrected chi connectivity index (χ4v) is 5.14. The van der Waals surface area contributed by atoms with E-state index >= 15 is 0 Å². The summed E-state index contributed by atoms with van der Waals surface area (Å²) >= 11 is 6.43. The molecule has 2 saturated heterocycles. The molecule has 3 aromatic rings. The van der Waals surface area contributed by atoms with Crippen molar-refractivity contribution in [3.05, 3.63) is 27.6 Å². The summed E-state index contributed by atoms with van der Waals surface area (Å²) in [4.78, 5) is 24.3. The van der Waals surface area contributed by atoms with Gasteiger partial charge in [-0.1, -0.05) is 11.6 Å². The summed E-state index contributed by atoms with van der Waals surface area (Å²) in [6.07, 6.45) is 5.07. The molecule has 164 valence electrons. The van der Waals surface area contributed by atoms with Crippen molar-refractivity contribution in [1.82, 2.24) is 24.7 Å². The standard InChI is InChI=1S/C21H25ClN6O3/c1-12-10-21(11-31-12)5-8-28(9-6-21)20-24-17-14(19(29)27(20)2)16(25-26-17)13-4-7-23-18(30-3)15(13)22/h4,7,12H,5-6,8-11H2,1-3H3,(H,25,26)/t12-/m0/s1. The number of piperidine rings is 1. The van der Waals surface area contributed by atoms with Crippen molar-refractivity contribution in [3.63, 3.8) is 0 Å². The molecule has 2 aliphatic rings. The summed E-state index contributed by atoms with van der Waals surface area (Å²) < 4.78 is 12.6. The molecule has 0 unspecified atom stereocenters. The van der Waals surface area contributed by atoms with Gasteiger partial charge in [0.2, 0.25) is 11.8 Å². The molecule has 10 heteroatoms. The average Bonchev–Trinajstić information content (AvgIpc) is 3.35. The SMILES string of the molecule is COc1nccc(-c2[nH]nc3nc(N4CCC5(CC4)CO[C@@H](C)C5)n(C)c(=O)c23)c1Cl. The number of halogens is 1. The molecular formula is C21H25ClN6O3. The Labute approximate surface area is 184 Å². The zero-order valence-electron chi connectivity index (χ0n) is 17.8. The summed E-state index contributed by atoms with van der Waals surface area (Å²) in [6, 6.07) is 1.72. The second-order valence-corrected chi connectivity index (χ2v) is 8.95. The molecule has 5 heterocycles. The first-order valence-corrected chi connectivity index (χ1v) is 10.8. The third kappa shape index (κ3) is 3.27. The van der Waals surface area contributed by atoms with Crippen LogP contribution in [0.1, 0.15) is 26.2 Å². The van der Waals surface area contributed by atoms with Crippen molar-refractivity contribution in [2.24, 2.45) is 12.5 Å². The van der Waals surface area contributed by atoms with Crippen LogP contribution in [0.25, 0.3) is 22.3 Å². The Balaban J connectivity index is 1.51. The molecule has 3 aromatic heterocycles. The van der Waals surface area contributed by atoms with Gasteiger partial charge in [0.15, 0.2) is 5.65 Å². The lowest BCUT2D eigenvalue weighted by Gasteiger charge is -2.39. The maximum atomic E-state index is 13.3. The molecule has 1 spiro atoms. The molecule has 0 aromatic carbocycles. The number of aromatic nitrogens is 5. The van der Waals surface area contributed by atoms with Gasteiger partial charge >= 0.3 is 0 Å². The van der Waals surface area contributed by atoms with Crippen LogP contribution in [0.2, 0.25) is 5.02 Å². The molecule has 1 atom stereocenters. The van der Waals surface area contributed by atoms with E-state index in [9.17, 15) is 4.79 Å². The molecular weight excluding hydrogens is 420 g/mol. The van der Waals surface area contributed by atoms with E-state index in [1.165, 1.54) is 7.11 Å². The van der Waals surface area contributed by atoms with Crippen LogP contribution in [0, 0.1) is 5.41 Å². The second kappa shape index (κ2) is 7.49. The fraction of sp³-hybridized carbons (Fsp3) is 0.524. The van der Waals surface area contributed by atoms with Crippen molar-refractivity contribution >= 4 is 28.6 Å². The fourth-order valence-electron chi connectivity index (χ4n) is 4.86. The summed E-state index contributed by atoms with van der Waals surface area (Å²) in [5.41, 5.74) is 1.56. The predicted octanol–water partition coefficient (Wildman–Crippen LogP) is 2.78. The molecule has 1 N–H and O–H groups in total. The number of fused-ring (bicyclic) bond motifs is 1. The van der Waals surface area contributed by atoms with Gasteiger partial charge < -0.3 is 14.4 Å². The number of pyridine rings is 1.